The number of nitrogens with one attached hydrogen (secondary N) is 2. The lowest BCUT2D eigenvalue weighted by atomic mass is 10.1. The highest BCUT2D eigenvalue weighted by Crippen LogP contribution is 2.16. The fourth-order valence-corrected chi connectivity index (χ4v) is 3.02. The zero-order valence-electron chi connectivity index (χ0n) is 11.8. The van der Waals surface area contributed by atoms with Crippen LogP contribution >= 0.6 is 0 Å². The van der Waals surface area contributed by atoms with E-state index in [0.717, 1.165) is 0 Å². The first kappa shape index (κ1) is 16.4. The first-order valence-electron chi connectivity index (χ1n) is 7.24. The molecule has 1 aliphatic rings. The molecular formula is C13H26N2O3S. The SMILES string of the molecule is CCS(=O)(=O)CC(=O)NCCNC1CCCCCC1. The molecule has 5 nitrogen and oxygen atoms in total. The minimum Gasteiger partial charge on any atom is -0.354 e. The second-order valence-corrected chi connectivity index (χ2v) is 7.52. The summed E-state index contributed by atoms with van der Waals surface area (Å²) in [6.45, 7) is 2.76. The number of carbonyl (C=O) groups excluding carboxylic acids is 1. The largest absolute Gasteiger partial charge is 0.354 e. The summed E-state index contributed by atoms with van der Waals surface area (Å²) < 4.78 is 22.5. The molecule has 0 atom stereocenters. The van der Waals surface area contributed by atoms with Crippen LogP contribution in [0.1, 0.15) is 45.4 Å². The first-order chi connectivity index (χ1) is 9.03. The maximum atomic E-state index is 11.4. The van der Waals surface area contributed by atoms with Crippen LogP contribution in [0.5, 0.6) is 0 Å². The topological polar surface area (TPSA) is 75.3 Å². The molecule has 2 N–H and O–H groups in total. The lowest BCUT2D eigenvalue weighted by Gasteiger charge is -2.16. The Labute approximate surface area is 116 Å². The van der Waals surface area contributed by atoms with Gasteiger partial charge in [-0.1, -0.05) is 32.6 Å². The number of hydrogen-bond donors (Lipinski definition) is 2. The van der Waals surface area contributed by atoms with Crippen LogP contribution < -0.4 is 10.6 Å². The van der Waals surface area contributed by atoms with Crippen LogP contribution in [0.4, 0.5) is 0 Å². The summed E-state index contributed by atoms with van der Waals surface area (Å²) in [5, 5.41) is 6.08. The average molecular weight is 290 g/mol. The van der Waals surface area contributed by atoms with Crippen molar-refractivity contribution in [3.63, 3.8) is 0 Å². The molecule has 1 amide bonds. The molecule has 0 saturated heterocycles. The Balaban J connectivity index is 2.11. The fourth-order valence-electron chi connectivity index (χ4n) is 2.31. The highest BCUT2D eigenvalue weighted by Gasteiger charge is 2.14. The molecule has 0 aromatic rings. The second kappa shape index (κ2) is 8.53. The van der Waals surface area contributed by atoms with E-state index in [9.17, 15) is 13.2 Å². The number of rotatable bonds is 7. The van der Waals surface area contributed by atoms with E-state index in [1.807, 2.05) is 0 Å². The maximum Gasteiger partial charge on any atom is 0.235 e. The summed E-state index contributed by atoms with van der Waals surface area (Å²) in [5.41, 5.74) is 0. The van der Waals surface area contributed by atoms with Crippen LogP contribution in [0.2, 0.25) is 0 Å². The second-order valence-electron chi connectivity index (χ2n) is 5.17. The van der Waals surface area contributed by atoms with E-state index >= 15 is 0 Å². The molecule has 1 saturated carbocycles. The third-order valence-corrected chi connectivity index (χ3v) is 5.11. The van der Waals surface area contributed by atoms with E-state index in [1.165, 1.54) is 38.5 Å². The predicted molar refractivity (Wildman–Crippen MR) is 76.8 cm³/mol. The highest BCUT2D eigenvalue weighted by atomic mass is 32.2. The Morgan fingerprint density at radius 3 is 2.32 bits per heavy atom. The standard InChI is InChI=1S/C13H26N2O3S/c1-2-19(17,18)11-13(16)15-10-9-14-12-7-5-3-4-6-8-12/h12,14H,2-11H2,1H3,(H,15,16). The summed E-state index contributed by atoms with van der Waals surface area (Å²) >= 11 is 0. The summed E-state index contributed by atoms with van der Waals surface area (Å²) in [4.78, 5) is 11.4. The molecular weight excluding hydrogens is 264 g/mol. The number of amides is 1. The zero-order chi connectivity index (χ0) is 14.1. The molecule has 0 heterocycles. The maximum absolute atomic E-state index is 11.4. The minimum absolute atomic E-state index is 0.0146. The van der Waals surface area contributed by atoms with Gasteiger partial charge in [-0.3, -0.25) is 4.79 Å². The van der Waals surface area contributed by atoms with E-state index in [-0.39, 0.29) is 5.75 Å². The van der Waals surface area contributed by atoms with E-state index < -0.39 is 21.5 Å². The van der Waals surface area contributed by atoms with Gasteiger partial charge in [0, 0.05) is 24.9 Å². The highest BCUT2D eigenvalue weighted by molar-refractivity contribution is 7.92. The molecule has 112 valence electrons. The summed E-state index contributed by atoms with van der Waals surface area (Å²) in [5.74, 6) is -0.780. The van der Waals surface area contributed by atoms with Gasteiger partial charge >= 0.3 is 0 Å². The van der Waals surface area contributed by atoms with Crippen molar-refractivity contribution in [2.24, 2.45) is 0 Å². The predicted octanol–water partition coefficient (Wildman–Crippen LogP) is 0.850. The van der Waals surface area contributed by atoms with Crippen molar-refractivity contribution in [1.29, 1.82) is 0 Å². The van der Waals surface area contributed by atoms with Crippen LogP contribution in [-0.4, -0.2) is 45.0 Å². The average Bonchev–Trinajstić information content (AvgIpc) is 2.63. The van der Waals surface area contributed by atoms with E-state index in [0.29, 0.717) is 19.1 Å². The monoisotopic (exact) mass is 290 g/mol. The van der Waals surface area contributed by atoms with Gasteiger partial charge < -0.3 is 10.6 Å². The van der Waals surface area contributed by atoms with Crippen molar-refractivity contribution in [3.05, 3.63) is 0 Å². The smallest absolute Gasteiger partial charge is 0.235 e. The molecule has 1 aliphatic carbocycles. The van der Waals surface area contributed by atoms with Gasteiger partial charge in [0.2, 0.25) is 5.91 Å². The molecule has 0 radical (unpaired) electrons. The van der Waals surface area contributed by atoms with Gasteiger partial charge in [-0.25, -0.2) is 8.42 Å². The third kappa shape index (κ3) is 7.52. The van der Waals surface area contributed by atoms with Gasteiger partial charge in [-0.05, 0) is 12.8 Å². The van der Waals surface area contributed by atoms with Gasteiger partial charge in [-0.15, -0.1) is 0 Å². The van der Waals surface area contributed by atoms with Crippen LogP contribution in [0.15, 0.2) is 0 Å². The molecule has 0 bridgehead atoms. The van der Waals surface area contributed by atoms with Gasteiger partial charge in [0.15, 0.2) is 9.84 Å². The third-order valence-electron chi connectivity index (χ3n) is 3.53. The lowest BCUT2D eigenvalue weighted by molar-refractivity contribution is -0.118. The van der Waals surface area contributed by atoms with E-state index in [1.54, 1.807) is 6.92 Å². The summed E-state index contributed by atoms with van der Waals surface area (Å²) in [6.07, 6.45) is 7.61. The molecule has 19 heavy (non-hydrogen) atoms. The van der Waals surface area contributed by atoms with E-state index in [2.05, 4.69) is 10.6 Å². The molecule has 6 heteroatoms. The molecule has 0 aromatic carbocycles. The van der Waals surface area contributed by atoms with Gasteiger partial charge in [0.05, 0.1) is 0 Å². The number of hydrogen-bond acceptors (Lipinski definition) is 4. The number of sulfone groups is 1. The Morgan fingerprint density at radius 2 is 1.74 bits per heavy atom. The Kier molecular flexibility index (Phi) is 7.38. The molecule has 0 aliphatic heterocycles. The van der Waals surface area contributed by atoms with Crippen molar-refractivity contribution in [3.8, 4) is 0 Å². The lowest BCUT2D eigenvalue weighted by Crippen LogP contribution is -2.38. The molecule has 1 rings (SSSR count). The summed E-state index contributed by atoms with van der Waals surface area (Å²) in [7, 11) is -3.21. The molecule has 0 unspecified atom stereocenters. The van der Waals surface area contributed by atoms with Crippen molar-refractivity contribution < 1.29 is 13.2 Å². The molecule has 0 spiro atoms. The van der Waals surface area contributed by atoms with Crippen molar-refractivity contribution >= 4 is 15.7 Å². The van der Waals surface area contributed by atoms with Crippen LogP contribution in [0, 0.1) is 0 Å². The zero-order valence-corrected chi connectivity index (χ0v) is 12.6. The van der Waals surface area contributed by atoms with Gasteiger partial charge in [0.25, 0.3) is 0 Å². The van der Waals surface area contributed by atoms with Crippen LogP contribution in [-0.2, 0) is 14.6 Å². The molecule has 0 aromatic heterocycles. The molecule has 1 fully saturated rings. The van der Waals surface area contributed by atoms with Crippen LogP contribution in [0.25, 0.3) is 0 Å². The van der Waals surface area contributed by atoms with Crippen LogP contribution in [0.3, 0.4) is 0 Å². The van der Waals surface area contributed by atoms with Crippen molar-refractivity contribution in [1.82, 2.24) is 10.6 Å². The van der Waals surface area contributed by atoms with E-state index in [4.69, 9.17) is 0 Å². The summed E-state index contributed by atoms with van der Waals surface area (Å²) in [6, 6.07) is 0.554. The quantitative estimate of drug-likeness (QED) is 0.538. The minimum atomic E-state index is -3.21. The Hall–Kier alpha value is -0.620. The van der Waals surface area contributed by atoms with Crippen molar-refractivity contribution in [2.75, 3.05) is 24.6 Å². The Morgan fingerprint density at radius 1 is 1.11 bits per heavy atom. The van der Waals surface area contributed by atoms with Gasteiger partial charge in [0.1, 0.15) is 5.75 Å². The normalized spacial score (nSPS) is 17.9. The number of carbonyl (C=O) groups is 1. The fraction of sp³-hybridized carbons (Fsp3) is 0.923. The van der Waals surface area contributed by atoms with Gasteiger partial charge in [-0.2, -0.15) is 0 Å². The van der Waals surface area contributed by atoms with Crippen molar-refractivity contribution in [2.45, 2.75) is 51.5 Å². The Bertz CT molecular complexity index is 360. The first-order valence-corrected chi connectivity index (χ1v) is 9.06.